The average Bonchev–Trinajstić information content (AvgIpc) is 2.40. The molecule has 19 heavy (non-hydrogen) atoms. The zero-order valence-electron chi connectivity index (χ0n) is 11.6. The van der Waals surface area contributed by atoms with Gasteiger partial charge in [0.1, 0.15) is 0 Å². The van der Waals surface area contributed by atoms with Gasteiger partial charge in [-0.1, -0.05) is 6.07 Å². The predicted molar refractivity (Wildman–Crippen MR) is 86.3 cm³/mol. The first-order valence-electron chi connectivity index (χ1n) is 6.76. The Morgan fingerprint density at radius 2 is 2.11 bits per heavy atom. The van der Waals surface area contributed by atoms with Gasteiger partial charge in [0.05, 0.1) is 0 Å². The van der Waals surface area contributed by atoms with Gasteiger partial charge in [-0.25, -0.2) is 0 Å². The summed E-state index contributed by atoms with van der Waals surface area (Å²) >= 11 is 2.24. The molecule has 0 radical (unpaired) electrons. The van der Waals surface area contributed by atoms with Crippen molar-refractivity contribution in [3.8, 4) is 0 Å². The molecule has 1 heterocycles. The molecule has 104 valence electrons. The van der Waals surface area contributed by atoms with Gasteiger partial charge in [-0.3, -0.25) is 4.79 Å². The van der Waals surface area contributed by atoms with Crippen molar-refractivity contribution in [2.45, 2.75) is 12.8 Å². The van der Waals surface area contributed by atoms with Crippen LogP contribution in [0.25, 0.3) is 0 Å². The number of nitrogens with zero attached hydrogens (tertiary/aromatic N) is 2. The van der Waals surface area contributed by atoms with Crippen LogP contribution in [-0.4, -0.2) is 49.4 Å². The fourth-order valence-corrected chi connectivity index (χ4v) is 3.10. The summed E-state index contributed by atoms with van der Waals surface area (Å²) in [5.41, 5.74) is 0.794. The maximum absolute atomic E-state index is 12.3. The molecule has 1 aromatic carbocycles. The van der Waals surface area contributed by atoms with E-state index in [4.69, 9.17) is 0 Å². The Morgan fingerprint density at radius 3 is 2.74 bits per heavy atom. The molecule has 1 aliphatic heterocycles. The highest BCUT2D eigenvalue weighted by molar-refractivity contribution is 14.1. The zero-order valence-corrected chi connectivity index (χ0v) is 13.8. The highest BCUT2D eigenvalue weighted by atomic mass is 127. The number of carbonyl (C=O) groups excluding carboxylic acids is 1. The molecule has 1 amide bonds. The maximum atomic E-state index is 12.3. The Balaban J connectivity index is 1.92. The van der Waals surface area contributed by atoms with Crippen LogP contribution >= 0.6 is 22.6 Å². The summed E-state index contributed by atoms with van der Waals surface area (Å²) in [6.07, 6.45) is 2.39. The van der Waals surface area contributed by atoms with Crippen LogP contribution in [-0.2, 0) is 0 Å². The first kappa shape index (κ1) is 14.8. The Kier molecular flexibility index (Phi) is 5.21. The van der Waals surface area contributed by atoms with E-state index in [2.05, 4.69) is 34.5 Å². The topological polar surface area (TPSA) is 23.6 Å². The lowest BCUT2D eigenvalue weighted by Gasteiger charge is -2.31. The van der Waals surface area contributed by atoms with Gasteiger partial charge in [0.2, 0.25) is 0 Å². The van der Waals surface area contributed by atoms with Crippen molar-refractivity contribution in [1.82, 2.24) is 9.80 Å². The van der Waals surface area contributed by atoms with Crippen molar-refractivity contribution in [2.75, 3.05) is 33.7 Å². The van der Waals surface area contributed by atoms with Crippen molar-refractivity contribution in [1.29, 1.82) is 0 Å². The van der Waals surface area contributed by atoms with Gasteiger partial charge in [0.15, 0.2) is 0 Å². The monoisotopic (exact) mass is 372 g/mol. The van der Waals surface area contributed by atoms with Crippen molar-refractivity contribution >= 4 is 28.5 Å². The van der Waals surface area contributed by atoms with Gasteiger partial charge in [-0.05, 0) is 79.7 Å². The molecular formula is C15H21IN2O. The number of likely N-dealkylation sites (tertiary alicyclic amines) is 1. The fraction of sp³-hybridized carbons (Fsp3) is 0.533. The smallest absolute Gasteiger partial charge is 0.253 e. The van der Waals surface area contributed by atoms with Crippen LogP contribution in [0.5, 0.6) is 0 Å². The molecule has 0 bridgehead atoms. The predicted octanol–water partition coefficient (Wildman–Crippen LogP) is 2.71. The number of benzene rings is 1. The Morgan fingerprint density at radius 1 is 1.42 bits per heavy atom. The number of rotatable bonds is 3. The zero-order chi connectivity index (χ0) is 13.8. The van der Waals surface area contributed by atoms with E-state index in [1.165, 1.54) is 12.8 Å². The second-order valence-corrected chi connectivity index (χ2v) is 6.69. The van der Waals surface area contributed by atoms with Gasteiger partial charge >= 0.3 is 0 Å². The number of halogens is 1. The Labute approximate surface area is 129 Å². The van der Waals surface area contributed by atoms with Crippen LogP contribution in [0.4, 0.5) is 0 Å². The van der Waals surface area contributed by atoms with Crippen molar-refractivity contribution in [2.24, 2.45) is 5.92 Å². The van der Waals surface area contributed by atoms with E-state index in [-0.39, 0.29) is 5.91 Å². The van der Waals surface area contributed by atoms with Gasteiger partial charge in [0.25, 0.3) is 5.91 Å². The molecule has 3 nitrogen and oxygen atoms in total. The van der Waals surface area contributed by atoms with Gasteiger partial charge in [0, 0.05) is 22.7 Å². The number of amides is 1. The lowest BCUT2D eigenvalue weighted by molar-refractivity contribution is 0.0747. The summed E-state index contributed by atoms with van der Waals surface area (Å²) in [7, 11) is 4.08. The molecule has 4 heteroatoms. The Bertz CT molecular complexity index is 442. The molecule has 0 aliphatic carbocycles. The van der Waals surface area contributed by atoms with Crippen LogP contribution < -0.4 is 0 Å². The molecule has 0 unspecified atom stereocenters. The van der Waals surface area contributed by atoms with Gasteiger partial charge in [-0.2, -0.15) is 0 Å². The van der Waals surface area contributed by atoms with E-state index in [0.29, 0.717) is 5.92 Å². The molecule has 1 saturated heterocycles. The van der Waals surface area contributed by atoms with Crippen molar-refractivity contribution in [3.63, 3.8) is 0 Å². The van der Waals surface area contributed by atoms with Crippen LogP contribution in [0, 0.1) is 9.49 Å². The third kappa shape index (κ3) is 4.18. The standard InChI is InChI=1S/C15H21IN2O/c1-17-8-6-12(7-9-17)11-18(2)15(19)13-4-3-5-14(16)10-13/h3-5,10,12H,6-9,11H2,1-2H3. The summed E-state index contributed by atoms with van der Waals surface area (Å²) in [4.78, 5) is 16.6. The minimum Gasteiger partial charge on any atom is -0.341 e. The van der Waals surface area contributed by atoms with Crippen molar-refractivity contribution < 1.29 is 4.79 Å². The van der Waals surface area contributed by atoms with E-state index in [0.717, 1.165) is 28.8 Å². The quantitative estimate of drug-likeness (QED) is 0.762. The van der Waals surface area contributed by atoms with Gasteiger partial charge < -0.3 is 9.80 Å². The molecule has 0 saturated carbocycles. The molecule has 0 N–H and O–H groups in total. The molecule has 1 fully saturated rings. The highest BCUT2D eigenvalue weighted by Crippen LogP contribution is 2.18. The Hall–Kier alpha value is -0.620. The summed E-state index contributed by atoms with van der Waals surface area (Å²) in [5.74, 6) is 0.783. The SMILES string of the molecule is CN1CCC(CN(C)C(=O)c2cccc(I)c2)CC1. The average molecular weight is 372 g/mol. The van der Waals surface area contributed by atoms with Crippen LogP contribution in [0.15, 0.2) is 24.3 Å². The molecule has 1 aliphatic rings. The second-order valence-electron chi connectivity index (χ2n) is 5.44. The van der Waals surface area contributed by atoms with E-state index >= 15 is 0 Å². The first-order valence-corrected chi connectivity index (χ1v) is 7.83. The molecule has 0 aromatic heterocycles. The molecule has 1 aromatic rings. The van der Waals surface area contributed by atoms with Crippen LogP contribution in [0.2, 0.25) is 0 Å². The normalized spacial score (nSPS) is 17.4. The molecule has 0 spiro atoms. The summed E-state index contributed by atoms with van der Waals surface area (Å²) in [6, 6.07) is 7.80. The van der Waals surface area contributed by atoms with E-state index < -0.39 is 0 Å². The minimum absolute atomic E-state index is 0.137. The fourth-order valence-electron chi connectivity index (χ4n) is 2.56. The number of piperidine rings is 1. The summed E-state index contributed by atoms with van der Waals surface area (Å²) < 4.78 is 1.11. The van der Waals surface area contributed by atoms with E-state index in [1.807, 2.05) is 36.2 Å². The van der Waals surface area contributed by atoms with Gasteiger partial charge in [-0.15, -0.1) is 0 Å². The summed E-state index contributed by atoms with van der Waals surface area (Å²) in [6.45, 7) is 3.17. The largest absolute Gasteiger partial charge is 0.341 e. The van der Waals surface area contributed by atoms with E-state index in [1.54, 1.807) is 0 Å². The minimum atomic E-state index is 0.137. The summed E-state index contributed by atoms with van der Waals surface area (Å²) in [5, 5.41) is 0. The first-order chi connectivity index (χ1) is 9.06. The third-order valence-corrected chi connectivity index (χ3v) is 4.46. The maximum Gasteiger partial charge on any atom is 0.253 e. The molecular weight excluding hydrogens is 351 g/mol. The molecule has 0 atom stereocenters. The van der Waals surface area contributed by atoms with Crippen molar-refractivity contribution in [3.05, 3.63) is 33.4 Å². The molecule has 2 rings (SSSR count). The van der Waals surface area contributed by atoms with Crippen LogP contribution in [0.3, 0.4) is 0 Å². The van der Waals surface area contributed by atoms with E-state index in [9.17, 15) is 4.79 Å². The lowest BCUT2D eigenvalue weighted by Crippen LogP contribution is -2.37. The highest BCUT2D eigenvalue weighted by Gasteiger charge is 2.20. The number of hydrogen-bond acceptors (Lipinski definition) is 2. The lowest BCUT2D eigenvalue weighted by atomic mass is 9.96. The van der Waals surface area contributed by atoms with Crippen LogP contribution in [0.1, 0.15) is 23.2 Å². The number of carbonyl (C=O) groups is 1. The third-order valence-electron chi connectivity index (χ3n) is 3.79. The second kappa shape index (κ2) is 6.70. The number of hydrogen-bond donors (Lipinski definition) is 0.